The molecule has 0 saturated carbocycles. The molecule has 220 valence electrons. The molecule has 0 aliphatic rings. The lowest BCUT2D eigenvalue weighted by atomic mass is 9.98. The number of rotatable bonds is 14. The van der Waals surface area contributed by atoms with Crippen molar-refractivity contribution in [2.45, 2.75) is 99.0 Å². The zero-order chi connectivity index (χ0) is 29.7. The smallest absolute Gasteiger partial charge is 0.461 e. The normalized spacial score (nSPS) is 14.8. The summed E-state index contributed by atoms with van der Waals surface area (Å²) >= 11 is 0. The SMILES string of the molecule is CCC(C)OC(=O)Oc1ccc(C[C@H](N)C(=O)OC[C@H](C)OC(=O)C(C)C(C)C)cc1OC(=O)OC(C)CC. The zero-order valence-corrected chi connectivity index (χ0v) is 24.2. The van der Waals surface area contributed by atoms with E-state index in [1.807, 2.05) is 27.7 Å². The van der Waals surface area contributed by atoms with Gasteiger partial charge in [-0.2, -0.15) is 0 Å². The fraction of sp³-hybridized carbons (Fsp3) is 0.643. The Bertz CT molecular complexity index is 964. The molecular formula is C28H43NO10. The summed E-state index contributed by atoms with van der Waals surface area (Å²) in [5, 5.41) is 0. The highest BCUT2D eigenvalue weighted by atomic mass is 16.7. The van der Waals surface area contributed by atoms with Gasteiger partial charge in [-0.1, -0.05) is 40.7 Å². The molecule has 5 atom stereocenters. The fourth-order valence-corrected chi connectivity index (χ4v) is 2.82. The van der Waals surface area contributed by atoms with Crippen LogP contribution >= 0.6 is 0 Å². The number of ether oxygens (including phenoxy) is 6. The molecule has 39 heavy (non-hydrogen) atoms. The monoisotopic (exact) mass is 553 g/mol. The molecule has 0 amide bonds. The number of carbonyl (C=O) groups is 4. The maximum Gasteiger partial charge on any atom is 0.514 e. The lowest BCUT2D eigenvalue weighted by molar-refractivity contribution is -0.162. The Hall–Kier alpha value is -3.34. The Kier molecular flexibility index (Phi) is 14.3. The van der Waals surface area contributed by atoms with E-state index in [-0.39, 0.29) is 54.5 Å². The first kappa shape index (κ1) is 33.7. The average Bonchev–Trinajstić information content (AvgIpc) is 2.87. The van der Waals surface area contributed by atoms with Crippen LogP contribution in [0.25, 0.3) is 0 Å². The minimum absolute atomic E-state index is 0.0196. The Labute approximate surface area is 230 Å². The van der Waals surface area contributed by atoms with Crippen molar-refractivity contribution in [2.75, 3.05) is 6.61 Å². The molecule has 1 aromatic carbocycles. The molecule has 2 N–H and O–H groups in total. The Morgan fingerprint density at radius 1 is 0.744 bits per heavy atom. The maximum atomic E-state index is 12.5. The van der Waals surface area contributed by atoms with Crippen LogP contribution in [0.3, 0.4) is 0 Å². The van der Waals surface area contributed by atoms with Crippen LogP contribution in [0.4, 0.5) is 9.59 Å². The van der Waals surface area contributed by atoms with Gasteiger partial charge in [0.1, 0.15) is 31.0 Å². The maximum absolute atomic E-state index is 12.5. The van der Waals surface area contributed by atoms with Gasteiger partial charge in [0.05, 0.1) is 5.92 Å². The van der Waals surface area contributed by atoms with Crippen LogP contribution in [0.1, 0.15) is 73.8 Å². The van der Waals surface area contributed by atoms with Crippen LogP contribution in [-0.2, 0) is 35.0 Å². The second-order valence-electron chi connectivity index (χ2n) is 9.88. The van der Waals surface area contributed by atoms with Crippen molar-refractivity contribution < 1.29 is 47.6 Å². The van der Waals surface area contributed by atoms with E-state index in [9.17, 15) is 19.2 Å². The van der Waals surface area contributed by atoms with Crippen LogP contribution in [0.5, 0.6) is 11.5 Å². The van der Waals surface area contributed by atoms with Crippen LogP contribution < -0.4 is 15.2 Å². The molecule has 0 radical (unpaired) electrons. The van der Waals surface area contributed by atoms with E-state index in [1.54, 1.807) is 33.8 Å². The number of hydrogen-bond acceptors (Lipinski definition) is 11. The molecule has 0 aromatic heterocycles. The molecule has 1 aromatic rings. The molecule has 0 heterocycles. The van der Waals surface area contributed by atoms with E-state index in [4.69, 9.17) is 34.2 Å². The molecule has 0 spiro atoms. The number of esters is 2. The molecular weight excluding hydrogens is 510 g/mol. The first-order valence-corrected chi connectivity index (χ1v) is 13.3. The number of hydrogen-bond donors (Lipinski definition) is 1. The Balaban J connectivity index is 2.89. The standard InChI is InChI=1S/C28H43NO10/c1-9-17(5)36-27(32)38-23-12-11-21(14-24(23)39-28(33)37-18(6)10-2)13-22(29)26(31)34-15-19(7)35-25(30)20(8)16(3)4/h11-12,14,16-20,22H,9-10,13,15,29H2,1-8H3/t17?,18?,19-,20?,22-/m0/s1. The van der Waals surface area contributed by atoms with E-state index in [2.05, 4.69) is 0 Å². The molecule has 1 rings (SSSR count). The van der Waals surface area contributed by atoms with Gasteiger partial charge >= 0.3 is 24.2 Å². The topological polar surface area (TPSA) is 150 Å². The van der Waals surface area contributed by atoms with Crippen molar-refractivity contribution in [3.05, 3.63) is 23.8 Å². The van der Waals surface area contributed by atoms with E-state index >= 15 is 0 Å². The zero-order valence-electron chi connectivity index (χ0n) is 24.2. The Morgan fingerprint density at radius 2 is 1.28 bits per heavy atom. The second kappa shape index (κ2) is 16.6. The van der Waals surface area contributed by atoms with Gasteiger partial charge in [-0.3, -0.25) is 9.59 Å². The summed E-state index contributed by atoms with van der Waals surface area (Å²) < 4.78 is 31.3. The number of carbonyl (C=O) groups excluding carboxylic acids is 4. The van der Waals surface area contributed by atoms with Crippen LogP contribution in [0.15, 0.2) is 18.2 Å². The van der Waals surface area contributed by atoms with Gasteiger partial charge < -0.3 is 34.2 Å². The van der Waals surface area contributed by atoms with E-state index in [0.717, 1.165) is 0 Å². The van der Waals surface area contributed by atoms with E-state index < -0.39 is 30.4 Å². The van der Waals surface area contributed by atoms with E-state index in [0.29, 0.717) is 18.4 Å². The van der Waals surface area contributed by atoms with Gasteiger partial charge in [0.25, 0.3) is 0 Å². The highest BCUT2D eigenvalue weighted by molar-refractivity contribution is 5.76. The molecule has 0 saturated heterocycles. The third-order valence-corrected chi connectivity index (χ3v) is 6.05. The van der Waals surface area contributed by atoms with Crippen molar-refractivity contribution in [2.24, 2.45) is 17.6 Å². The van der Waals surface area contributed by atoms with Crippen molar-refractivity contribution in [3.63, 3.8) is 0 Å². The van der Waals surface area contributed by atoms with Crippen molar-refractivity contribution >= 4 is 24.2 Å². The van der Waals surface area contributed by atoms with Crippen molar-refractivity contribution in [1.82, 2.24) is 0 Å². The summed E-state index contributed by atoms with van der Waals surface area (Å²) in [7, 11) is 0. The first-order chi connectivity index (χ1) is 18.3. The number of benzene rings is 1. The van der Waals surface area contributed by atoms with Gasteiger partial charge in [0.15, 0.2) is 11.5 Å². The fourth-order valence-electron chi connectivity index (χ4n) is 2.82. The van der Waals surface area contributed by atoms with Crippen LogP contribution in [0.2, 0.25) is 0 Å². The predicted octanol–water partition coefficient (Wildman–Crippen LogP) is 4.95. The van der Waals surface area contributed by atoms with Gasteiger partial charge in [0.2, 0.25) is 0 Å². The highest BCUT2D eigenvalue weighted by Crippen LogP contribution is 2.30. The lowest BCUT2D eigenvalue weighted by Crippen LogP contribution is -2.36. The molecule has 0 bridgehead atoms. The summed E-state index contributed by atoms with van der Waals surface area (Å²) in [4.78, 5) is 48.9. The lowest BCUT2D eigenvalue weighted by Gasteiger charge is -2.20. The summed E-state index contributed by atoms with van der Waals surface area (Å²) in [6.45, 7) is 14.2. The number of nitrogens with two attached hydrogens (primary N) is 1. The van der Waals surface area contributed by atoms with Gasteiger partial charge in [-0.05, 0) is 63.6 Å². The molecule has 0 aliphatic heterocycles. The second-order valence-corrected chi connectivity index (χ2v) is 9.88. The van der Waals surface area contributed by atoms with Crippen LogP contribution in [-0.4, -0.2) is 55.2 Å². The third kappa shape index (κ3) is 12.4. The minimum atomic E-state index is -1.07. The van der Waals surface area contributed by atoms with Crippen molar-refractivity contribution in [1.29, 1.82) is 0 Å². The van der Waals surface area contributed by atoms with E-state index in [1.165, 1.54) is 12.1 Å². The Morgan fingerprint density at radius 3 is 1.79 bits per heavy atom. The quantitative estimate of drug-likeness (QED) is 0.189. The molecule has 11 heteroatoms. The summed E-state index contributed by atoms with van der Waals surface area (Å²) in [6, 6.07) is 3.30. The average molecular weight is 554 g/mol. The molecule has 3 unspecified atom stereocenters. The highest BCUT2D eigenvalue weighted by Gasteiger charge is 2.24. The van der Waals surface area contributed by atoms with Gasteiger partial charge in [-0.15, -0.1) is 0 Å². The van der Waals surface area contributed by atoms with Crippen LogP contribution in [0, 0.1) is 11.8 Å². The first-order valence-electron chi connectivity index (χ1n) is 13.3. The summed E-state index contributed by atoms with van der Waals surface area (Å²) in [5.41, 5.74) is 6.53. The summed E-state index contributed by atoms with van der Waals surface area (Å²) in [5.74, 6) is -1.42. The third-order valence-electron chi connectivity index (χ3n) is 6.05. The largest absolute Gasteiger partial charge is 0.514 e. The predicted molar refractivity (Wildman–Crippen MR) is 142 cm³/mol. The van der Waals surface area contributed by atoms with Crippen molar-refractivity contribution in [3.8, 4) is 11.5 Å². The molecule has 0 aliphatic carbocycles. The minimum Gasteiger partial charge on any atom is -0.461 e. The molecule has 0 fully saturated rings. The molecule has 11 nitrogen and oxygen atoms in total. The van der Waals surface area contributed by atoms with Gasteiger partial charge in [-0.25, -0.2) is 9.59 Å². The summed E-state index contributed by atoms with van der Waals surface area (Å²) in [6.07, 6.45) is -2.17. The van der Waals surface area contributed by atoms with Gasteiger partial charge in [0, 0.05) is 0 Å².